The molecule has 3 heteroatoms. The molecule has 0 atom stereocenters. The van der Waals surface area contributed by atoms with Gasteiger partial charge in [0, 0.05) is 16.0 Å². The van der Waals surface area contributed by atoms with E-state index in [0.29, 0.717) is 4.20 Å². The monoisotopic (exact) mass is 250 g/mol. The van der Waals surface area contributed by atoms with Crippen LogP contribution in [0.5, 0.6) is 0 Å². The average Bonchev–Trinajstić information content (AvgIpc) is 2.23. The third kappa shape index (κ3) is 1.92. The molecule has 15 heavy (non-hydrogen) atoms. The van der Waals surface area contributed by atoms with Gasteiger partial charge >= 0.3 is 0 Å². The van der Waals surface area contributed by atoms with Gasteiger partial charge in [0.2, 0.25) is 0 Å². The molecule has 1 aromatic carbocycles. The fraction of sp³-hybridized carbons (Fsp3) is 0.0833. The lowest BCUT2D eigenvalue weighted by molar-refractivity contribution is 1.36. The maximum Gasteiger partial charge on any atom is 0.0754 e. The fourth-order valence-electron chi connectivity index (χ4n) is 1.73. The fourth-order valence-corrected chi connectivity index (χ4v) is 2.42. The van der Waals surface area contributed by atoms with Crippen molar-refractivity contribution in [2.45, 2.75) is 6.42 Å². The maximum atomic E-state index is 5.11. The van der Waals surface area contributed by atoms with Crippen LogP contribution in [0.15, 0.2) is 30.9 Å². The summed E-state index contributed by atoms with van der Waals surface area (Å²) >= 11 is 13.8. The third-order valence-corrected chi connectivity index (χ3v) is 3.34. The largest absolute Gasteiger partial charge is 0.143 e. The summed E-state index contributed by atoms with van der Waals surface area (Å²) in [5, 5.41) is 0. The minimum Gasteiger partial charge on any atom is -0.143 e. The minimum absolute atomic E-state index is 0.599. The molecule has 0 heterocycles. The zero-order valence-electron chi connectivity index (χ0n) is 8.03. The molecule has 0 aromatic heterocycles. The zero-order chi connectivity index (χ0) is 11.0. The highest BCUT2D eigenvalue weighted by molar-refractivity contribution is 8.11. The Bertz CT molecular complexity index is 484. The van der Waals surface area contributed by atoms with Gasteiger partial charge in [0.1, 0.15) is 0 Å². The Kier molecular flexibility index (Phi) is 3.05. The van der Waals surface area contributed by atoms with Crippen LogP contribution in [0.2, 0.25) is 0 Å². The lowest BCUT2D eigenvalue weighted by atomic mass is 9.90. The summed E-state index contributed by atoms with van der Waals surface area (Å²) in [5.41, 5.74) is 4.27. The molecule has 0 amide bonds. The molecule has 0 saturated heterocycles. The van der Waals surface area contributed by atoms with Crippen LogP contribution in [0.3, 0.4) is 0 Å². The first kappa shape index (κ1) is 11.0. The number of hydrogen-bond donors (Lipinski definition) is 2. The molecular formula is C12H10S3. The van der Waals surface area contributed by atoms with Crippen molar-refractivity contribution in [3.63, 3.8) is 0 Å². The molecule has 0 saturated carbocycles. The predicted molar refractivity (Wildman–Crippen MR) is 77.7 cm³/mol. The van der Waals surface area contributed by atoms with E-state index >= 15 is 0 Å². The number of hydrogen-bond acceptors (Lipinski definition) is 2. The number of allylic oxidation sites excluding steroid dienone is 2. The molecule has 0 N–H and O–H groups in total. The summed E-state index contributed by atoms with van der Waals surface area (Å²) in [4.78, 5) is 0.962. The van der Waals surface area contributed by atoms with Crippen LogP contribution in [0.1, 0.15) is 23.1 Å². The van der Waals surface area contributed by atoms with Crippen molar-refractivity contribution in [1.29, 1.82) is 0 Å². The Hall–Kier alpha value is -0.510. The molecule has 2 rings (SSSR count). The molecule has 0 aliphatic heterocycles. The van der Waals surface area contributed by atoms with E-state index < -0.39 is 0 Å². The standard InChI is InChI=1S/C12H10S3/c1-7-5-6-10(13)11-8(7)3-2-4-9(11)12(14)15/h2-4,6,13H,1,5H2,(H,14,15). The molecule has 0 nitrogen and oxygen atoms in total. The lowest BCUT2D eigenvalue weighted by Crippen LogP contribution is -2.02. The van der Waals surface area contributed by atoms with Gasteiger partial charge in [-0.1, -0.05) is 43.1 Å². The highest BCUT2D eigenvalue weighted by Gasteiger charge is 2.17. The Labute approximate surface area is 106 Å². The maximum absolute atomic E-state index is 5.11. The smallest absolute Gasteiger partial charge is 0.0754 e. The van der Waals surface area contributed by atoms with E-state index in [4.69, 9.17) is 12.2 Å². The van der Waals surface area contributed by atoms with Gasteiger partial charge in [0.25, 0.3) is 0 Å². The zero-order valence-corrected chi connectivity index (χ0v) is 10.6. The van der Waals surface area contributed by atoms with Crippen molar-refractivity contribution in [2.75, 3.05) is 0 Å². The second-order valence-corrected chi connectivity index (χ2v) is 5.07. The van der Waals surface area contributed by atoms with Gasteiger partial charge in [-0.25, -0.2) is 0 Å². The molecule has 0 spiro atoms. The summed E-state index contributed by atoms with van der Waals surface area (Å²) in [6.07, 6.45) is 2.91. The summed E-state index contributed by atoms with van der Waals surface area (Å²) in [6, 6.07) is 6.00. The van der Waals surface area contributed by atoms with Gasteiger partial charge in [0.15, 0.2) is 0 Å². The first-order valence-corrected chi connectivity index (χ1v) is 5.85. The number of rotatable bonds is 1. The Morgan fingerprint density at radius 2 is 2.13 bits per heavy atom. The topological polar surface area (TPSA) is 0 Å². The molecule has 1 aromatic rings. The van der Waals surface area contributed by atoms with Gasteiger partial charge in [-0.3, -0.25) is 0 Å². The first-order valence-electron chi connectivity index (χ1n) is 4.55. The van der Waals surface area contributed by atoms with Crippen LogP contribution in [0, 0.1) is 0 Å². The van der Waals surface area contributed by atoms with Crippen molar-refractivity contribution >= 4 is 52.2 Å². The Morgan fingerprint density at radius 1 is 1.40 bits per heavy atom. The molecule has 0 unspecified atom stereocenters. The van der Waals surface area contributed by atoms with Crippen LogP contribution in [-0.2, 0) is 0 Å². The number of thiol groups is 2. The molecule has 0 radical (unpaired) electrons. The molecular weight excluding hydrogens is 240 g/mol. The van der Waals surface area contributed by atoms with Gasteiger partial charge < -0.3 is 0 Å². The van der Waals surface area contributed by atoms with Crippen molar-refractivity contribution in [3.05, 3.63) is 47.5 Å². The van der Waals surface area contributed by atoms with Crippen molar-refractivity contribution < 1.29 is 0 Å². The normalized spacial score (nSPS) is 14.5. The first-order chi connectivity index (χ1) is 7.11. The molecule has 1 aliphatic carbocycles. The van der Waals surface area contributed by atoms with E-state index in [9.17, 15) is 0 Å². The van der Waals surface area contributed by atoms with Gasteiger partial charge in [-0.05, 0) is 17.6 Å². The number of fused-ring (bicyclic) bond motifs is 1. The van der Waals surface area contributed by atoms with E-state index in [-0.39, 0.29) is 0 Å². The highest BCUT2D eigenvalue weighted by atomic mass is 32.1. The average molecular weight is 250 g/mol. The third-order valence-electron chi connectivity index (χ3n) is 2.47. The van der Waals surface area contributed by atoms with Crippen LogP contribution in [-0.4, -0.2) is 4.20 Å². The van der Waals surface area contributed by atoms with E-state index in [2.05, 4.69) is 44.0 Å². The van der Waals surface area contributed by atoms with Gasteiger partial charge in [0.05, 0.1) is 4.20 Å². The van der Waals surface area contributed by atoms with Gasteiger partial charge in [-0.15, -0.1) is 25.3 Å². The van der Waals surface area contributed by atoms with Gasteiger partial charge in [-0.2, -0.15) is 0 Å². The van der Waals surface area contributed by atoms with Crippen molar-refractivity contribution in [1.82, 2.24) is 0 Å². The lowest BCUT2D eigenvalue weighted by Gasteiger charge is -2.19. The summed E-state index contributed by atoms with van der Waals surface area (Å²) in [7, 11) is 0. The number of thiocarbonyl (C=S) groups is 1. The second kappa shape index (κ2) is 4.16. The molecule has 0 fully saturated rings. The SMILES string of the molecule is C=C1CC=C(S)c2c1cccc2C(=S)S. The van der Waals surface area contributed by atoms with E-state index in [1.807, 2.05) is 12.1 Å². The molecule has 1 aliphatic rings. The minimum atomic E-state index is 0.599. The number of benzene rings is 1. The Morgan fingerprint density at radius 3 is 2.80 bits per heavy atom. The van der Waals surface area contributed by atoms with Crippen molar-refractivity contribution in [2.24, 2.45) is 0 Å². The highest BCUT2D eigenvalue weighted by Crippen LogP contribution is 2.37. The van der Waals surface area contributed by atoms with Crippen LogP contribution < -0.4 is 0 Å². The summed E-state index contributed by atoms with van der Waals surface area (Å²) < 4.78 is 0.599. The van der Waals surface area contributed by atoms with Crippen LogP contribution in [0.25, 0.3) is 10.5 Å². The van der Waals surface area contributed by atoms with Crippen molar-refractivity contribution in [3.8, 4) is 0 Å². The quantitative estimate of drug-likeness (QED) is 0.561. The molecule has 0 bridgehead atoms. The predicted octanol–water partition coefficient (Wildman–Crippen LogP) is 3.98. The Balaban J connectivity index is 2.75. The van der Waals surface area contributed by atoms with Crippen LogP contribution >= 0.6 is 37.5 Å². The summed E-state index contributed by atoms with van der Waals surface area (Å²) in [6.45, 7) is 4.04. The van der Waals surface area contributed by atoms with E-state index in [1.54, 1.807) is 0 Å². The van der Waals surface area contributed by atoms with E-state index in [1.165, 1.54) is 0 Å². The molecule has 76 valence electrons. The van der Waals surface area contributed by atoms with E-state index in [0.717, 1.165) is 33.6 Å². The second-order valence-electron chi connectivity index (χ2n) is 3.43. The summed E-state index contributed by atoms with van der Waals surface area (Å²) in [5.74, 6) is 0. The van der Waals surface area contributed by atoms with Crippen LogP contribution in [0.4, 0.5) is 0 Å².